The number of rotatable bonds is 0. The topological polar surface area (TPSA) is 41.6 Å². The fourth-order valence-corrected chi connectivity index (χ4v) is 4.91. The van der Waals surface area contributed by atoms with Crippen LogP contribution in [0.4, 0.5) is 0 Å². The summed E-state index contributed by atoms with van der Waals surface area (Å²) < 4.78 is 5.82. The van der Waals surface area contributed by atoms with Crippen molar-refractivity contribution in [3.8, 4) is 0 Å². The molecule has 0 aromatic carbocycles. The number of nitrogens with one attached hydrogen (secondary N) is 1. The van der Waals surface area contributed by atoms with Crippen molar-refractivity contribution in [1.29, 1.82) is 0 Å². The molecule has 0 aliphatic carbocycles. The highest BCUT2D eigenvalue weighted by Gasteiger charge is 2.53. The fourth-order valence-electron chi connectivity index (χ4n) is 3.44. The zero-order valence-electron chi connectivity index (χ0n) is 10.5. The van der Waals surface area contributed by atoms with Crippen molar-refractivity contribution in [3.63, 3.8) is 0 Å². The van der Waals surface area contributed by atoms with Crippen LogP contribution in [0.25, 0.3) is 0 Å². The Morgan fingerprint density at radius 1 is 1.53 bits per heavy atom. The van der Waals surface area contributed by atoms with Gasteiger partial charge in [0, 0.05) is 19.7 Å². The van der Waals surface area contributed by atoms with Gasteiger partial charge in [0.15, 0.2) is 0 Å². The van der Waals surface area contributed by atoms with Gasteiger partial charge >= 0.3 is 0 Å². The number of ether oxygens (including phenoxy) is 1. The molecule has 3 heterocycles. The summed E-state index contributed by atoms with van der Waals surface area (Å²) in [6, 6.07) is 0. The molecular formula is C12H20N2O2S. The van der Waals surface area contributed by atoms with E-state index in [-0.39, 0.29) is 11.1 Å². The lowest BCUT2D eigenvalue weighted by Gasteiger charge is -2.53. The van der Waals surface area contributed by atoms with Crippen molar-refractivity contribution < 1.29 is 9.53 Å². The number of piperazine rings is 1. The summed E-state index contributed by atoms with van der Waals surface area (Å²) in [7, 11) is 0. The van der Waals surface area contributed by atoms with Crippen LogP contribution in [0.3, 0.4) is 0 Å². The molecule has 2 atom stereocenters. The van der Waals surface area contributed by atoms with Gasteiger partial charge in [0.05, 0.1) is 22.3 Å². The fraction of sp³-hybridized carbons (Fsp3) is 0.917. The van der Waals surface area contributed by atoms with E-state index in [1.54, 1.807) is 11.8 Å². The van der Waals surface area contributed by atoms with Crippen molar-refractivity contribution in [2.75, 3.05) is 25.4 Å². The lowest BCUT2D eigenvalue weighted by atomic mass is 9.79. The maximum absolute atomic E-state index is 11.8. The van der Waals surface area contributed by atoms with Crippen molar-refractivity contribution in [2.45, 2.75) is 43.2 Å². The van der Waals surface area contributed by atoms with Crippen LogP contribution in [-0.4, -0.2) is 52.8 Å². The molecule has 3 fully saturated rings. The third-order valence-corrected chi connectivity index (χ3v) is 5.49. The third-order valence-electron chi connectivity index (χ3n) is 4.05. The summed E-state index contributed by atoms with van der Waals surface area (Å²) in [5.74, 6) is 0.959. The highest BCUT2D eigenvalue weighted by Crippen LogP contribution is 2.44. The van der Waals surface area contributed by atoms with Crippen LogP contribution in [0.15, 0.2) is 0 Å². The van der Waals surface area contributed by atoms with Crippen molar-refractivity contribution >= 4 is 17.7 Å². The second kappa shape index (κ2) is 3.87. The van der Waals surface area contributed by atoms with E-state index in [1.807, 2.05) is 0 Å². The number of thioether (sulfide) groups is 1. The minimum Gasteiger partial charge on any atom is -0.375 e. The first-order chi connectivity index (χ1) is 8.03. The summed E-state index contributed by atoms with van der Waals surface area (Å²) in [6.45, 7) is 6.86. The van der Waals surface area contributed by atoms with E-state index < -0.39 is 0 Å². The number of amides is 1. The predicted octanol–water partition coefficient (Wildman–Crippen LogP) is 0.819. The van der Waals surface area contributed by atoms with Gasteiger partial charge in [-0.15, -0.1) is 11.8 Å². The molecule has 96 valence electrons. The number of fused-ring (bicyclic) bond motifs is 2. The molecule has 17 heavy (non-hydrogen) atoms. The molecule has 0 aromatic rings. The van der Waals surface area contributed by atoms with Gasteiger partial charge in [0.1, 0.15) is 0 Å². The normalized spacial score (nSPS) is 40.7. The average molecular weight is 256 g/mol. The Hall–Kier alpha value is -0.260. The molecule has 5 heteroatoms. The molecular weight excluding hydrogens is 236 g/mol. The maximum Gasteiger partial charge on any atom is 0.233 e. The van der Waals surface area contributed by atoms with Gasteiger partial charge in [-0.1, -0.05) is 0 Å². The van der Waals surface area contributed by atoms with Crippen molar-refractivity contribution in [3.05, 3.63) is 0 Å². The monoisotopic (exact) mass is 256 g/mol. The van der Waals surface area contributed by atoms with Gasteiger partial charge in [-0.2, -0.15) is 0 Å². The van der Waals surface area contributed by atoms with Gasteiger partial charge in [0.25, 0.3) is 0 Å². The Labute approximate surface area is 106 Å². The quantitative estimate of drug-likeness (QED) is 0.697. The van der Waals surface area contributed by atoms with Crippen molar-refractivity contribution in [1.82, 2.24) is 10.2 Å². The molecule has 0 saturated carbocycles. The van der Waals surface area contributed by atoms with E-state index in [0.29, 0.717) is 17.0 Å². The largest absolute Gasteiger partial charge is 0.375 e. The Bertz CT molecular complexity index is 343. The third kappa shape index (κ3) is 1.88. The van der Waals surface area contributed by atoms with Crippen LogP contribution in [0, 0.1) is 0 Å². The Morgan fingerprint density at radius 3 is 3.12 bits per heavy atom. The number of carbonyl (C=O) groups excluding carboxylic acids is 1. The molecule has 1 spiro atoms. The minimum absolute atomic E-state index is 0.0663. The average Bonchev–Trinajstić information content (AvgIpc) is 2.61. The zero-order valence-corrected chi connectivity index (χ0v) is 11.3. The maximum atomic E-state index is 11.8. The molecule has 3 saturated heterocycles. The van der Waals surface area contributed by atoms with Gasteiger partial charge in [-0.25, -0.2) is 0 Å². The summed E-state index contributed by atoms with van der Waals surface area (Å²) in [5.41, 5.74) is -0.0166. The van der Waals surface area contributed by atoms with E-state index in [2.05, 4.69) is 24.1 Å². The molecule has 0 bridgehead atoms. The van der Waals surface area contributed by atoms with Crippen LogP contribution >= 0.6 is 11.8 Å². The van der Waals surface area contributed by atoms with E-state index >= 15 is 0 Å². The Morgan fingerprint density at radius 2 is 2.35 bits per heavy atom. The van der Waals surface area contributed by atoms with E-state index in [0.717, 1.165) is 32.5 Å². The standard InChI is InChI=1S/C12H20N2O2S/c1-11(2)8-12(3-6-16-11)10-14(5-4-13-12)9(15)7-17-10/h10,13H,3-8H2,1-2H3/t10-,12+/m1/s1. The number of carbonyl (C=O) groups is 1. The van der Waals surface area contributed by atoms with Crippen LogP contribution < -0.4 is 5.32 Å². The first kappa shape index (κ1) is 11.8. The second-order valence-electron chi connectivity index (χ2n) is 5.87. The van der Waals surface area contributed by atoms with Gasteiger partial charge < -0.3 is 15.0 Å². The van der Waals surface area contributed by atoms with E-state index in [4.69, 9.17) is 4.74 Å². The number of hydrogen-bond acceptors (Lipinski definition) is 4. The van der Waals surface area contributed by atoms with E-state index in [1.165, 1.54) is 0 Å². The van der Waals surface area contributed by atoms with Gasteiger partial charge in [-0.3, -0.25) is 4.79 Å². The summed E-state index contributed by atoms with van der Waals surface area (Å²) in [5, 5.41) is 4.00. The van der Waals surface area contributed by atoms with Crippen LogP contribution in [0.1, 0.15) is 26.7 Å². The number of hydrogen-bond donors (Lipinski definition) is 1. The van der Waals surface area contributed by atoms with Gasteiger partial charge in [0.2, 0.25) is 5.91 Å². The molecule has 0 aromatic heterocycles. The predicted molar refractivity (Wildman–Crippen MR) is 68.0 cm³/mol. The molecule has 3 rings (SSSR count). The highest BCUT2D eigenvalue weighted by atomic mass is 32.2. The zero-order chi connectivity index (χ0) is 12.1. The second-order valence-corrected chi connectivity index (χ2v) is 6.94. The van der Waals surface area contributed by atoms with Gasteiger partial charge in [-0.05, 0) is 26.7 Å². The first-order valence-electron chi connectivity index (χ1n) is 6.33. The molecule has 1 amide bonds. The molecule has 3 aliphatic heterocycles. The molecule has 4 nitrogen and oxygen atoms in total. The number of nitrogens with zero attached hydrogens (tertiary/aromatic N) is 1. The van der Waals surface area contributed by atoms with Crippen LogP contribution in [0.2, 0.25) is 0 Å². The summed E-state index contributed by atoms with van der Waals surface area (Å²) in [4.78, 5) is 13.9. The molecule has 0 unspecified atom stereocenters. The molecule has 0 radical (unpaired) electrons. The Kier molecular flexibility index (Phi) is 2.69. The minimum atomic E-state index is -0.0829. The molecule has 3 aliphatic rings. The van der Waals surface area contributed by atoms with Crippen molar-refractivity contribution in [2.24, 2.45) is 0 Å². The van der Waals surface area contributed by atoms with Crippen LogP contribution in [-0.2, 0) is 9.53 Å². The highest BCUT2D eigenvalue weighted by molar-refractivity contribution is 8.01. The molecule has 1 N–H and O–H groups in total. The lowest BCUT2D eigenvalue weighted by Crippen LogP contribution is -2.68. The first-order valence-corrected chi connectivity index (χ1v) is 7.37. The Balaban J connectivity index is 1.88. The summed E-state index contributed by atoms with van der Waals surface area (Å²) >= 11 is 1.80. The lowest BCUT2D eigenvalue weighted by molar-refractivity contribution is -0.136. The summed E-state index contributed by atoms with van der Waals surface area (Å²) in [6.07, 6.45) is 2.00. The van der Waals surface area contributed by atoms with E-state index in [9.17, 15) is 4.79 Å². The SMILES string of the molecule is CC1(C)C[C@]2(CCO1)NCCN1C(=O)CS[C@@H]12. The van der Waals surface area contributed by atoms with Crippen LogP contribution in [0.5, 0.6) is 0 Å². The smallest absolute Gasteiger partial charge is 0.233 e.